The summed E-state index contributed by atoms with van der Waals surface area (Å²) in [5.74, 6) is 0.0655. The first-order valence-electron chi connectivity index (χ1n) is 4.15. The van der Waals surface area contributed by atoms with Gasteiger partial charge in [0.05, 0.1) is 18.4 Å². The van der Waals surface area contributed by atoms with Gasteiger partial charge in [-0.1, -0.05) is 0 Å². The van der Waals surface area contributed by atoms with Crippen LogP contribution in [0.3, 0.4) is 0 Å². The molecule has 1 aromatic heterocycles. The van der Waals surface area contributed by atoms with Gasteiger partial charge in [-0.15, -0.1) is 0 Å². The molecule has 1 rings (SSSR count). The third-order valence-electron chi connectivity index (χ3n) is 1.86. The lowest BCUT2D eigenvalue weighted by Crippen LogP contribution is -2.07. The molecule has 0 fully saturated rings. The number of ether oxygens (including phenoxy) is 1. The normalized spacial score (nSPS) is 10.5. The van der Waals surface area contributed by atoms with Crippen molar-refractivity contribution in [2.24, 2.45) is 5.73 Å². The Bertz CT molecular complexity index is 369. The quantitative estimate of drug-likeness (QED) is 0.770. The van der Waals surface area contributed by atoms with Crippen LogP contribution in [-0.4, -0.2) is 18.4 Å². The van der Waals surface area contributed by atoms with E-state index in [1.54, 1.807) is 0 Å². The summed E-state index contributed by atoms with van der Waals surface area (Å²) in [6.45, 7) is 0.00914. The second-order valence-electron chi connectivity index (χ2n) is 2.74. The molecule has 0 saturated carbocycles. The second kappa shape index (κ2) is 4.79. The highest BCUT2D eigenvalue weighted by atomic mass is 19.3. The van der Waals surface area contributed by atoms with Gasteiger partial charge in [-0.2, -0.15) is 0 Å². The van der Waals surface area contributed by atoms with E-state index in [1.165, 1.54) is 13.2 Å². The summed E-state index contributed by atoms with van der Waals surface area (Å²) in [6, 6.07) is 1.37. The molecule has 0 aliphatic heterocycles. The molecule has 0 atom stereocenters. The van der Waals surface area contributed by atoms with Crippen molar-refractivity contribution in [3.8, 4) is 5.75 Å². The Balaban J connectivity index is 3.38. The maximum atomic E-state index is 12.5. The van der Waals surface area contributed by atoms with Gasteiger partial charge in [0.1, 0.15) is 11.4 Å². The smallest absolute Gasteiger partial charge is 0.281 e. The first-order chi connectivity index (χ1) is 7.13. The van der Waals surface area contributed by atoms with E-state index in [2.05, 4.69) is 4.98 Å². The van der Waals surface area contributed by atoms with Gasteiger partial charge in [-0.3, -0.25) is 4.79 Å². The lowest BCUT2D eigenvalue weighted by Gasteiger charge is -2.10. The Hall–Kier alpha value is -1.56. The molecule has 82 valence electrons. The topological polar surface area (TPSA) is 65.2 Å². The molecule has 0 aliphatic carbocycles. The van der Waals surface area contributed by atoms with Gasteiger partial charge in [-0.25, -0.2) is 13.8 Å². The first kappa shape index (κ1) is 11.5. The first-order valence-corrected chi connectivity index (χ1v) is 4.15. The molecule has 0 spiro atoms. The minimum Gasteiger partial charge on any atom is -0.496 e. The highest BCUT2D eigenvalue weighted by molar-refractivity contribution is 5.81. The Kier molecular flexibility index (Phi) is 3.68. The predicted molar refractivity (Wildman–Crippen MR) is 49.0 cm³/mol. The van der Waals surface area contributed by atoms with Crippen LogP contribution >= 0.6 is 0 Å². The van der Waals surface area contributed by atoms with Crippen molar-refractivity contribution >= 4 is 6.29 Å². The van der Waals surface area contributed by atoms with Crippen molar-refractivity contribution in [1.82, 2.24) is 4.98 Å². The minimum absolute atomic E-state index is 0.00914. The number of carbonyl (C=O) groups is 1. The molecule has 1 heterocycles. The third-order valence-corrected chi connectivity index (χ3v) is 1.86. The molecule has 0 saturated heterocycles. The predicted octanol–water partition coefficient (Wildman–Crippen LogP) is 1.30. The Morgan fingerprint density at radius 2 is 2.33 bits per heavy atom. The van der Waals surface area contributed by atoms with Gasteiger partial charge >= 0.3 is 0 Å². The number of pyridine rings is 1. The second-order valence-corrected chi connectivity index (χ2v) is 2.74. The van der Waals surface area contributed by atoms with E-state index >= 15 is 0 Å². The van der Waals surface area contributed by atoms with Gasteiger partial charge in [-0.05, 0) is 0 Å². The zero-order chi connectivity index (χ0) is 11.4. The van der Waals surface area contributed by atoms with Crippen LogP contribution in [0.5, 0.6) is 5.75 Å². The number of nitrogens with zero attached hydrogens (tertiary/aromatic N) is 1. The number of carbonyl (C=O) groups excluding carboxylic acids is 1. The summed E-state index contributed by atoms with van der Waals surface area (Å²) in [5, 5.41) is 0. The van der Waals surface area contributed by atoms with Crippen LogP contribution in [-0.2, 0) is 6.54 Å². The molecular formula is C9H10F2N2O2. The summed E-state index contributed by atoms with van der Waals surface area (Å²) in [4.78, 5) is 14.2. The number of methoxy groups -OCH3 is 1. The number of aldehydes is 1. The van der Waals surface area contributed by atoms with E-state index in [4.69, 9.17) is 10.5 Å². The average molecular weight is 216 g/mol. The Labute approximate surface area is 85.1 Å². The van der Waals surface area contributed by atoms with Gasteiger partial charge in [0.25, 0.3) is 6.43 Å². The molecule has 0 bridgehead atoms. The number of hydrogen-bond donors (Lipinski definition) is 1. The number of alkyl halides is 2. The van der Waals surface area contributed by atoms with Crippen LogP contribution in [0.4, 0.5) is 8.78 Å². The van der Waals surface area contributed by atoms with E-state index in [9.17, 15) is 13.6 Å². The summed E-state index contributed by atoms with van der Waals surface area (Å²) >= 11 is 0. The van der Waals surface area contributed by atoms with Crippen molar-refractivity contribution in [1.29, 1.82) is 0 Å². The molecule has 4 nitrogen and oxygen atoms in total. The highest BCUT2D eigenvalue weighted by Gasteiger charge is 2.19. The molecule has 0 radical (unpaired) electrons. The molecule has 0 aliphatic rings. The monoisotopic (exact) mass is 216 g/mol. The fourth-order valence-corrected chi connectivity index (χ4v) is 1.16. The molecule has 0 amide bonds. The zero-order valence-corrected chi connectivity index (χ0v) is 8.04. The zero-order valence-electron chi connectivity index (χ0n) is 8.04. The Morgan fingerprint density at radius 1 is 1.67 bits per heavy atom. The highest BCUT2D eigenvalue weighted by Crippen LogP contribution is 2.27. The van der Waals surface area contributed by atoms with E-state index in [1.807, 2.05) is 0 Å². The van der Waals surface area contributed by atoms with Crippen LogP contribution in [0.1, 0.15) is 28.2 Å². The fourth-order valence-electron chi connectivity index (χ4n) is 1.16. The number of nitrogens with two attached hydrogens (primary N) is 1. The summed E-state index contributed by atoms with van der Waals surface area (Å²) < 4.78 is 29.9. The molecule has 15 heavy (non-hydrogen) atoms. The van der Waals surface area contributed by atoms with Gasteiger partial charge in [0.15, 0.2) is 6.29 Å². The van der Waals surface area contributed by atoms with E-state index in [-0.39, 0.29) is 23.6 Å². The largest absolute Gasteiger partial charge is 0.496 e. The number of rotatable bonds is 4. The van der Waals surface area contributed by atoms with Crippen molar-refractivity contribution in [3.63, 3.8) is 0 Å². The molecule has 0 unspecified atom stereocenters. The van der Waals surface area contributed by atoms with Crippen LogP contribution in [0.25, 0.3) is 0 Å². The van der Waals surface area contributed by atoms with Crippen molar-refractivity contribution < 1.29 is 18.3 Å². The van der Waals surface area contributed by atoms with Crippen LogP contribution in [0, 0.1) is 0 Å². The summed E-state index contributed by atoms with van der Waals surface area (Å²) in [5.41, 5.74) is 4.72. The number of hydrogen-bond acceptors (Lipinski definition) is 4. The Morgan fingerprint density at radius 3 is 2.73 bits per heavy atom. The molecule has 1 aromatic rings. The molecule has 6 heteroatoms. The fraction of sp³-hybridized carbons (Fsp3) is 0.333. The third kappa shape index (κ3) is 2.27. The van der Waals surface area contributed by atoms with Crippen LogP contribution < -0.4 is 10.5 Å². The summed E-state index contributed by atoms with van der Waals surface area (Å²) in [6.07, 6.45) is -2.53. The van der Waals surface area contributed by atoms with E-state index in [0.29, 0.717) is 6.29 Å². The molecule has 0 aromatic carbocycles. The van der Waals surface area contributed by atoms with Gasteiger partial charge < -0.3 is 10.5 Å². The van der Waals surface area contributed by atoms with Crippen LogP contribution in [0.15, 0.2) is 6.07 Å². The van der Waals surface area contributed by atoms with Crippen molar-refractivity contribution in [2.75, 3.05) is 7.11 Å². The minimum atomic E-state index is -2.83. The van der Waals surface area contributed by atoms with Crippen LogP contribution in [0.2, 0.25) is 0 Å². The lowest BCUT2D eigenvalue weighted by atomic mass is 10.1. The average Bonchev–Trinajstić information content (AvgIpc) is 2.26. The van der Waals surface area contributed by atoms with E-state index in [0.717, 1.165) is 0 Å². The molecule has 2 N–H and O–H groups in total. The van der Waals surface area contributed by atoms with Gasteiger partial charge in [0.2, 0.25) is 0 Å². The SMILES string of the molecule is COc1cc(CN)nc(C(F)F)c1C=O. The van der Waals surface area contributed by atoms with Crippen molar-refractivity contribution in [3.05, 3.63) is 23.0 Å². The summed E-state index contributed by atoms with van der Waals surface area (Å²) in [7, 11) is 1.29. The molecular weight excluding hydrogens is 206 g/mol. The van der Waals surface area contributed by atoms with E-state index < -0.39 is 12.1 Å². The lowest BCUT2D eigenvalue weighted by molar-refractivity contribution is 0.109. The van der Waals surface area contributed by atoms with Crippen molar-refractivity contribution in [2.45, 2.75) is 13.0 Å². The maximum absolute atomic E-state index is 12.5. The van der Waals surface area contributed by atoms with Gasteiger partial charge in [0, 0.05) is 12.6 Å². The number of halogens is 2. The maximum Gasteiger partial charge on any atom is 0.281 e. The number of aromatic nitrogens is 1. The standard InChI is InChI=1S/C9H10F2N2O2/c1-15-7-2-5(3-12)13-8(9(10)11)6(7)4-14/h2,4,9H,3,12H2,1H3.